The molecule has 2 aliphatic heterocycles. The summed E-state index contributed by atoms with van der Waals surface area (Å²) in [6.45, 7) is 12.0. The van der Waals surface area contributed by atoms with Crippen LogP contribution in [0.3, 0.4) is 0 Å². The molecule has 1 unspecified atom stereocenters. The molecule has 3 fully saturated rings. The van der Waals surface area contributed by atoms with E-state index < -0.39 is 17.2 Å². The lowest BCUT2D eigenvalue weighted by molar-refractivity contribution is -0.200. The Labute approximate surface area is 215 Å². The van der Waals surface area contributed by atoms with Crippen molar-refractivity contribution in [2.75, 3.05) is 0 Å². The largest absolute Gasteiger partial charge is 0.393 e. The van der Waals surface area contributed by atoms with Crippen molar-refractivity contribution in [1.82, 2.24) is 13.9 Å². The molecule has 0 saturated heterocycles. The van der Waals surface area contributed by atoms with Gasteiger partial charge < -0.3 is 5.11 Å². The molecule has 6 aliphatic rings. The average molecular weight is 498 g/mol. The number of aromatic nitrogens is 3. The van der Waals surface area contributed by atoms with E-state index in [0.717, 1.165) is 31.6 Å². The molecule has 3 saturated carbocycles. The fraction of sp³-hybridized carbons (Fsp3) is 0.867. The highest BCUT2D eigenvalue weighted by Gasteiger charge is 2.74. The summed E-state index contributed by atoms with van der Waals surface area (Å²) in [7, 11) is 1.64. The van der Waals surface area contributed by atoms with Crippen molar-refractivity contribution in [2.45, 2.75) is 116 Å². The minimum absolute atomic E-state index is 0.138. The fourth-order valence-electron chi connectivity index (χ4n) is 10.7. The van der Waals surface area contributed by atoms with Crippen molar-refractivity contribution in [3.63, 3.8) is 0 Å². The van der Waals surface area contributed by atoms with Crippen LogP contribution in [0.15, 0.2) is 21.7 Å². The van der Waals surface area contributed by atoms with Crippen molar-refractivity contribution in [2.24, 2.45) is 47.5 Å². The van der Waals surface area contributed by atoms with E-state index in [-0.39, 0.29) is 22.2 Å². The molecule has 1 N–H and O–H groups in total. The lowest BCUT2D eigenvalue weighted by Gasteiger charge is -2.71. The van der Waals surface area contributed by atoms with Crippen molar-refractivity contribution in [3.8, 4) is 0 Å². The van der Waals surface area contributed by atoms with Gasteiger partial charge in [-0.05, 0) is 73.5 Å². The molecule has 2 spiro atoms. The summed E-state index contributed by atoms with van der Waals surface area (Å²) in [6, 6.07) is 0. The molecule has 6 heteroatoms. The third-order valence-electron chi connectivity index (χ3n) is 12.4. The maximum absolute atomic E-state index is 13.9. The second kappa shape index (κ2) is 7.74. The summed E-state index contributed by atoms with van der Waals surface area (Å²) >= 11 is 0. The lowest BCUT2D eigenvalue weighted by atomic mass is 9.40. The van der Waals surface area contributed by atoms with Gasteiger partial charge >= 0.3 is 11.4 Å². The summed E-state index contributed by atoms with van der Waals surface area (Å²) in [5.74, 6) is 2.76. The molecule has 0 aromatic carbocycles. The van der Waals surface area contributed by atoms with Gasteiger partial charge in [0.15, 0.2) is 0 Å². The molecule has 0 radical (unpaired) electrons. The van der Waals surface area contributed by atoms with Gasteiger partial charge in [-0.2, -0.15) is 0 Å². The second-order valence-electron chi connectivity index (χ2n) is 14.3. The Kier molecular flexibility index (Phi) is 5.32. The van der Waals surface area contributed by atoms with E-state index in [1.54, 1.807) is 7.05 Å². The second-order valence-corrected chi connectivity index (χ2v) is 14.3. The summed E-state index contributed by atoms with van der Waals surface area (Å²) in [4.78, 5) is 27.6. The summed E-state index contributed by atoms with van der Waals surface area (Å²) in [5, 5.41) is 10.8. The molecule has 2 bridgehead atoms. The Bertz CT molecular complexity index is 1210. The number of allylic oxidation sites excluding steroid dienone is 2. The predicted molar refractivity (Wildman–Crippen MR) is 142 cm³/mol. The number of nitrogens with zero attached hydrogens (tertiary/aromatic N) is 3. The topological polar surface area (TPSA) is 69.2 Å². The molecule has 0 amide bonds. The zero-order chi connectivity index (χ0) is 25.8. The molecule has 1 aromatic rings. The van der Waals surface area contributed by atoms with Crippen LogP contribution < -0.4 is 11.4 Å². The van der Waals surface area contributed by atoms with E-state index in [1.807, 2.05) is 9.36 Å². The van der Waals surface area contributed by atoms with E-state index in [1.165, 1.54) is 36.7 Å². The number of aliphatic hydroxyl groups excluding tert-OH is 1. The van der Waals surface area contributed by atoms with Crippen LogP contribution in [0.5, 0.6) is 0 Å². The number of hydrogen-bond donors (Lipinski definition) is 1. The number of rotatable bonds is 5. The van der Waals surface area contributed by atoms with Gasteiger partial charge in [0, 0.05) is 18.9 Å². The van der Waals surface area contributed by atoms with Gasteiger partial charge in [0.1, 0.15) is 0 Å². The first-order valence-corrected chi connectivity index (χ1v) is 14.7. The Balaban J connectivity index is 1.50. The molecular formula is C30H47N3O3. The smallest absolute Gasteiger partial charge is 0.347 e. The quantitative estimate of drug-likeness (QED) is 0.596. The third kappa shape index (κ3) is 2.73. The first kappa shape index (κ1) is 24.8. The van der Waals surface area contributed by atoms with E-state index in [4.69, 9.17) is 0 Å². The van der Waals surface area contributed by atoms with Crippen molar-refractivity contribution in [3.05, 3.63) is 33.1 Å². The number of hydrogen-bond acceptors (Lipinski definition) is 3. The maximum atomic E-state index is 13.9. The summed E-state index contributed by atoms with van der Waals surface area (Å²) < 4.78 is 5.08. The molecule has 3 heterocycles. The Morgan fingerprint density at radius 3 is 2.39 bits per heavy atom. The van der Waals surface area contributed by atoms with Crippen LogP contribution in [0.2, 0.25) is 0 Å². The van der Waals surface area contributed by atoms with Gasteiger partial charge in [-0.25, -0.2) is 23.5 Å². The lowest BCUT2D eigenvalue weighted by Crippen LogP contribution is -2.76. The van der Waals surface area contributed by atoms with Crippen LogP contribution >= 0.6 is 0 Å². The van der Waals surface area contributed by atoms with Crippen molar-refractivity contribution >= 4 is 0 Å². The van der Waals surface area contributed by atoms with Gasteiger partial charge in [-0.15, -0.1) is 0 Å². The van der Waals surface area contributed by atoms with E-state index >= 15 is 0 Å². The van der Waals surface area contributed by atoms with Crippen LogP contribution in [-0.2, 0) is 18.1 Å². The number of fused-ring (bicyclic) bond motifs is 1. The van der Waals surface area contributed by atoms with Crippen LogP contribution in [0.4, 0.5) is 0 Å². The fourth-order valence-corrected chi connectivity index (χ4v) is 10.7. The van der Waals surface area contributed by atoms with Gasteiger partial charge in [-0.1, -0.05) is 66.0 Å². The molecule has 1 aromatic heterocycles. The predicted octanol–water partition coefficient (Wildman–Crippen LogP) is 4.78. The highest BCUT2D eigenvalue weighted by atomic mass is 16.3. The van der Waals surface area contributed by atoms with E-state index in [2.05, 4.69) is 46.8 Å². The Morgan fingerprint density at radius 2 is 1.67 bits per heavy atom. The summed E-state index contributed by atoms with van der Waals surface area (Å²) in [6.07, 6.45) is 14.9. The van der Waals surface area contributed by atoms with Crippen molar-refractivity contribution < 1.29 is 5.11 Å². The minimum Gasteiger partial charge on any atom is -0.393 e. The highest BCUT2D eigenvalue weighted by molar-refractivity contribution is 5.35. The molecule has 9 atom stereocenters. The maximum Gasteiger partial charge on any atom is 0.347 e. The van der Waals surface area contributed by atoms with Crippen molar-refractivity contribution in [1.29, 1.82) is 0 Å². The average Bonchev–Trinajstić information content (AvgIpc) is 3.30. The Hall–Kier alpha value is -1.56. The highest BCUT2D eigenvalue weighted by Crippen LogP contribution is 2.74. The van der Waals surface area contributed by atoms with E-state index in [0.29, 0.717) is 30.1 Å². The van der Waals surface area contributed by atoms with Crippen LogP contribution in [-0.4, -0.2) is 25.1 Å². The molecule has 200 valence electrons. The van der Waals surface area contributed by atoms with Gasteiger partial charge in [0.2, 0.25) is 0 Å². The third-order valence-corrected chi connectivity index (χ3v) is 12.4. The zero-order valence-corrected chi connectivity index (χ0v) is 23.3. The molecule has 6 nitrogen and oxygen atoms in total. The Morgan fingerprint density at radius 1 is 0.944 bits per heavy atom. The molecule has 36 heavy (non-hydrogen) atoms. The van der Waals surface area contributed by atoms with Gasteiger partial charge in [-0.3, -0.25) is 0 Å². The minimum atomic E-state index is -0.621. The molecular weight excluding hydrogens is 450 g/mol. The number of aliphatic hydroxyl groups is 1. The normalized spacial score (nSPS) is 45.3. The van der Waals surface area contributed by atoms with Gasteiger partial charge in [0.25, 0.3) is 0 Å². The first-order valence-electron chi connectivity index (χ1n) is 14.7. The SMILES string of the molecule is CC(C)CCC[C@@H](C)[C@H]1CC[C@@H]2[C@]1(C)CCC1[C@]23C=C[C@]2(C[C@@H](O)CC[C@]12C)n1c(=O)n(C)c(=O)n13. The first-order chi connectivity index (χ1) is 16.9. The van der Waals surface area contributed by atoms with Gasteiger partial charge in [0.05, 0.1) is 17.2 Å². The summed E-state index contributed by atoms with van der Waals surface area (Å²) in [5.41, 5.74) is -1.43. The zero-order valence-electron chi connectivity index (χ0n) is 23.3. The monoisotopic (exact) mass is 497 g/mol. The molecule has 4 aliphatic carbocycles. The molecule has 7 rings (SSSR count). The van der Waals surface area contributed by atoms with Crippen LogP contribution in [0.1, 0.15) is 98.8 Å². The van der Waals surface area contributed by atoms with Crippen LogP contribution in [0.25, 0.3) is 0 Å². The van der Waals surface area contributed by atoms with E-state index in [9.17, 15) is 14.7 Å². The van der Waals surface area contributed by atoms with Crippen LogP contribution in [0, 0.1) is 40.4 Å². The standard InChI is InChI=1S/C30H47N3O3/c1-19(2)8-7-9-20(3)22-10-11-23-27(22,4)14-13-24-28(5)15-12-21(34)18-29(28)16-17-30(23,24)33-26(36)31(6)25(35)32(29)33/h16-17,19-24,34H,7-15,18H2,1-6H3/t20-,21+,22-,23-,24?,27-,28-,29-,30+/m1/s1.